The minimum Gasteiger partial charge on any atom is -0.382 e. The minimum absolute atomic E-state index is 0.345. The van der Waals surface area contributed by atoms with Gasteiger partial charge in [-0.05, 0) is 51.4 Å². The second kappa shape index (κ2) is 8.12. The Bertz CT molecular complexity index is 147. The van der Waals surface area contributed by atoms with E-state index >= 15 is 0 Å². The Labute approximate surface area is 95.6 Å². The molecule has 0 spiro atoms. The largest absolute Gasteiger partial charge is 0.382 e. The van der Waals surface area contributed by atoms with Crippen LogP contribution in [-0.4, -0.2) is 19.3 Å². The molecule has 0 aliphatic heterocycles. The number of hydrogen-bond donors (Lipinski definition) is 1. The summed E-state index contributed by atoms with van der Waals surface area (Å²) in [6.07, 6.45) is 5.22. The van der Waals surface area contributed by atoms with Crippen molar-refractivity contribution >= 4 is 0 Å². The first-order chi connectivity index (χ1) is 6.97. The topological polar surface area (TPSA) is 35.2 Å². The zero-order valence-corrected chi connectivity index (χ0v) is 11.1. The van der Waals surface area contributed by atoms with Gasteiger partial charge in [-0.1, -0.05) is 13.8 Å². The molecule has 0 aromatic heterocycles. The molecule has 4 atom stereocenters. The highest BCUT2D eigenvalue weighted by atomic mass is 16.5. The van der Waals surface area contributed by atoms with E-state index < -0.39 is 0 Å². The molecule has 2 nitrogen and oxygen atoms in total. The summed E-state index contributed by atoms with van der Waals surface area (Å²) in [7, 11) is 1.79. The molecule has 0 rings (SSSR count). The van der Waals surface area contributed by atoms with Gasteiger partial charge in [-0.15, -0.1) is 0 Å². The Morgan fingerprint density at radius 3 is 1.73 bits per heavy atom. The molecule has 0 amide bonds. The van der Waals surface area contributed by atoms with Crippen LogP contribution in [0.4, 0.5) is 0 Å². The van der Waals surface area contributed by atoms with E-state index in [1.54, 1.807) is 7.11 Å². The van der Waals surface area contributed by atoms with E-state index in [1.807, 2.05) is 0 Å². The van der Waals surface area contributed by atoms with Crippen LogP contribution in [0.3, 0.4) is 0 Å². The highest BCUT2D eigenvalue weighted by Gasteiger charge is 2.13. The van der Waals surface area contributed by atoms with Crippen LogP contribution in [0.1, 0.15) is 53.4 Å². The molecule has 0 aromatic carbocycles. The summed E-state index contributed by atoms with van der Waals surface area (Å²) in [6.45, 7) is 8.91. The van der Waals surface area contributed by atoms with E-state index in [1.165, 1.54) is 19.3 Å². The first-order valence-electron chi connectivity index (χ1n) is 6.25. The van der Waals surface area contributed by atoms with Gasteiger partial charge in [0.25, 0.3) is 0 Å². The summed E-state index contributed by atoms with van der Waals surface area (Å²) in [4.78, 5) is 0. The van der Waals surface area contributed by atoms with E-state index in [9.17, 15) is 0 Å². The van der Waals surface area contributed by atoms with Crippen LogP contribution in [0.15, 0.2) is 0 Å². The summed E-state index contributed by atoms with van der Waals surface area (Å²) < 4.78 is 5.26. The maximum atomic E-state index is 5.76. The van der Waals surface area contributed by atoms with E-state index in [0.717, 1.165) is 18.3 Å². The van der Waals surface area contributed by atoms with Gasteiger partial charge in [0, 0.05) is 13.2 Å². The predicted octanol–water partition coefficient (Wildman–Crippen LogP) is 3.20. The Hall–Kier alpha value is -0.0800. The quantitative estimate of drug-likeness (QED) is 0.675. The third kappa shape index (κ3) is 7.80. The van der Waals surface area contributed by atoms with E-state index in [-0.39, 0.29) is 0 Å². The van der Waals surface area contributed by atoms with Crippen LogP contribution in [0.2, 0.25) is 0 Å². The molecule has 4 unspecified atom stereocenters. The van der Waals surface area contributed by atoms with Gasteiger partial charge in [-0.25, -0.2) is 0 Å². The van der Waals surface area contributed by atoms with Gasteiger partial charge in [0.1, 0.15) is 0 Å². The Kier molecular flexibility index (Phi) is 8.07. The Morgan fingerprint density at radius 2 is 1.33 bits per heavy atom. The van der Waals surface area contributed by atoms with Crippen molar-refractivity contribution in [3.63, 3.8) is 0 Å². The second-order valence-corrected chi connectivity index (χ2v) is 5.13. The lowest BCUT2D eigenvalue weighted by molar-refractivity contribution is 0.101. The van der Waals surface area contributed by atoms with Crippen LogP contribution in [0.25, 0.3) is 0 Å². The number of hydrogen-bond acceptors (Lipinski definition) is 2. The summed E-state index contributed by atoms with van der Waals surface area (Å²) in [5, 5.41) is 0. The molecule has 0 fully saturated rings. The fraction of sp³-hybridized carbons (Fsp3) is 1.00. The second-order valence-electron chi connectivity index (χ2n) is 5.13. The monoisotopic (exact) mass is 215 g/mol. The summed E-state index contributed by atoms with van der Waals surface area (Å²) in [5.41, 5.74) is 5.76. The number of methoxy groups -OCH3 is 1. The van der Waals surface area contributed by atoms with Gasteiger partial charge < -0.3 is 10.5 Å². The summed E-state index contributed by atoms with van der Waals surface area (Å²) in [6, 6.07) is 0.345. The standard InChI is InChI=1S/C13H29NO/c1-10(6-8-12(3)14)11(2)7-9-13(4)15-5/h10-13H,6-9,14H2,1-5H3. The fourth-order valence-electron chi connectivity index (χ4n) is 1.71. The molecule has 0 aliphatic rings. The summed E-state index contributed by atoms with van der Waals surface area (Å²) >= 11 is 0. The smallest absolute Gasteiger partial charge is 0.0543 e. The lowest BCUT2D eigenvalue weighted by Gasteiger charge is -2.22. The van der Waals surface area contributed by atoms with E-state index in [0.29, 0.717) is 12.1 Å². The highest BCUT2D eigenvalue weighted by molar-refractivity contribution is 4.66. The SMILES string of the molecule is COC(C)CCC(C)C(C)CCC(C)N. The minimum atomic E-state index is 0.345. The third-order valence-electron chi connectivity index (χ3n) is 3.48. The van der Waals surface area contributed by atoms with Crippen LogP contribution in [0, 0.1) is 11.8 Å². The zero-order chi connectivity index (χ0) is 11.8. The maximum Gasteiger partial charge on any atom is 0.0543 e. The lowest BCUT2D eigenvalue weighted by atomic mass is 9.86. The van der Waals surface area contributed by atoms with Crippen molar-refractivity contribution in [3.05, 3.63) is 0 Å². The molecular weight excluding hydrogens is 186 g/mol. The normalized spacial score (nSPS) is 19.6. The fourth-order valence-corrected chi connectivity index (χ4v) is 1.71. The number of ether oxygens (including phenoxy) is 1. The van der Waals surface area contributed by atoms with Gasteiger partial charge in [0.15, 0.2) is 0 Å². The average Bonchev–Trinajstić information content (AvgIpc) is 2.21. The van der Waals surface area contributed by atoms with Crippen LogP contribution >= 0.6 is 0 Å². The maximum absolute atomic E-state index is 5.76. The van der Waals surface area contributed by atoms with Gasteiger partial charge in [-0.2, -0.15) is 0 Å². The van der Waals surface area contributed by atoms with Crippen LogP contribution in [0.5, 0.6) is 0 Å². The molecular formula is C13H29NO. The Morgan fingerprint density at radius 1 is 0.867 bits per heavy atom. The Balaban J connectivity index is 3.64. The number of rotatable bonds is 8. The van der Waals surface area contributed by atoms with E-state index in [4.69, 9.17) is 10.5 Å². The lowest BCUT2D eigenvalue weighted by Crippen LogP contribution is -2.18. The molecule has 0 saturated carbocycles. The number of nitrogens with two attached hydrogens (primary N) is 1. The summed E-state index contributed by atoms with van der Waals surface area (Å²) in [5.74, 6) is 1.56. The molecule has 0 saturated heterocycles. The van der Waals surface area contributed by atoms with Crippen molar-refractivity contribution in [1.82, 2.24) is 0 Å². The van der Waals surface area contributed by atoms with Crippen molar-refractivity contribution in [2.75, 3.05) is 7.11 Å². The first-order valence-corrected chi connectivity index (χ1v) is 6.25. The zero-order valence-electron chi connectivity index (χ0n) is 11.1. The molecule has 0 aliphatic carbocycles. The van der Waals surface area contributed by atoms with Gasteiger partial charge in [0.2, 0.25) is 0 Å². The molecule has 15 heavy (non-hydrogen) atoms. The van der Waals surface area contributed by atoms with Crippen molar-refractivity contribution in [3.8, 4) is 0 Å². The van der Waals surface area contributed by atoms with Crippen molar-refractivity contribution in [2.24, 2.45) is 17.6 Å². The average molecular weight is 215 g/mol. The predicted molar refractivity (Wildman–Crippen MR) is 66.9 cm³/mol. The van der Waals surface area contributed by atoms with Crippen LogP contribution < -0.4 is 5.73 Å². The highest BCUT2D eigenvalue weighted by Crippen LogP contribution is 2.22. The molecule has 0 aromatic rings. The molecule has 0 heterocycles. The molecule has 2 N–H and O–H groups in total. The molecule has 2 heteroatoms. The van der Waals surface area contributed by atoms with Gasteiger partial charge in [0.05, 0.1) is 6.10 Å². The van der Waals surface area contributed by atoms with Crippen molar-refractivity contribution in [2.45, 2.75) is 65.5 Å². The van der Waals surface area contributed by atoms with Gasteiger partial charge >= 0.3 is 0 Å². The molecule has 0 bridgehead atoms. The third-order valence-corrected chi connectivity index (χ3v) is 3.48. The first kappa shape index (κ1) is 14.9. The molecule has 92 valence electrons. The van der Waals surface area contributed by atoms with Crippen LogP contribution in [-0.2, 0) is 4.74 Å². The van der Waals surface area contributed by atoms with Crippen molar-refractivity contribution < 1.29 is 4.74 Å². The van der Waals surface area contributed by atoms with Crippen molar-refractivity contribution in [1.29, 1.82) is 0 Å². The van der Waals surface area contributed by atoms with E-state index in [2.05, 4.69) is 27.7 Å². The van der Waals surface area contributed by atoms with Gasteiger partial charge in [-0.3, -0.25) is 0 Å². The molecule has 0 radical (unpaired) electrons.